The van der Waals surface area contributed by atoms with Crippen LogP contribution in [-0.4, -0.2) is 26.7 Å². The molecule has 1 saturated carbocycles. The average Bonchev–Trinajstić information content (AvgIpc) is 3.12. The molecule has 1 aliphatic carbocycles. The van der Waals surface area contributed by atoms with E-state index in [1.807, 2.05) is 19.9 Å². The quantitative estimate of drug-likeness (QED) is 0.863. The van der Waals surface area contributed by atoms with Crippen molar-refractivity contribution in [3.63, 3.8) is 0 Å². The molecule has 0 aromatic heterocycles. The molecule has 0 unspecified atom stereocenters. The van der Waals surface area contributed by atoms with Gasteiger partial charge in [0.05, 0.1) is 4.90 Å². The van der Waals surface area contributed by atoms with Crippen molar-refractivity contribution in [1.29, 1.82) is 0 Å². The first-order chi connectivity index (χ1) is 8.80. The number of rotatable bonds is 5. The third-order valence-corrected chi connectivity index (χ3v) is 5.55. The molecular formula is C14H21NO3S. The van der Waals surface area contributed by atoms with E-state index < -0.39 is 10.0 Å². The van der Waals surface area contributed by atoms with E-state index in [0.29, 0.717) is 11.4 Å². The number of hydrogen-bond donors (Lipinski definition) is 2. The molecule has 0 atom stereocenters. The Bertz CT molecular complexity index is 589. The zero-order valence-electron chi connectivity index (χ0n) is 11.7. The molecule has 19 heavy (non-hydrogen) atoms. The molecule has 0 heterocycles. The molecule has 0 bridgehead atoms. The van der Waals surface area contributed by atoms with Crippen molar-refractivity contribution < 1.29 is 13.5 Å². The van der Waals surface area contributed by atoms with E-state index in [1.54, 1.807) is 13.0 Å². The summed E-state index contributed by atoms with van der Waals surface area (Å²) < 4.78 is 27.3. The molecule has 0 aliphatic heterocycles. The molecule has 0 radical (unpaired) electrons. The summed E-state index contributed by atoms with van der Waals surface area (Å²) >= 11 is 0. The van der Waals surface area contributed by atoms with Crippen molar-refractivity contribution in [1.82, 2.24) is 4.72 Å². The fourth-order valence-corrected chi connectivity index (χ4v) is 3.58. The molecule has 1 aromatic carbocycles. The van der Waals surface area contributed by atoms with E-state index in [-0.39, 0.29) is 12.0 Å². The largest absolute Gasteiger partial charge is 0.396 e. The summed E-state index contributed by atoms with van der Waals surface area (Å²) in [6.45, 7) is 6.04. The first kappa shape index (κ1) is 14.5. The van der Waals surface area contributed by atoms with E-state index in [4.69, 9.17) is 0 Å². The second-order valence-corrected chi connectivity index (χ2v) is 7.42. The number of aryl methyl sites for hydroxylation is 3. The van der Waals surface area contributed by atoms with Crippen molar-refractivity contribution in [2.24, 2.45) is 5.41 Å². The van der Waals surface area contributed by atoms with Gasteiger partial charge in [0, 0.05) is 18.6 Å². The van der Waals surface area contributed by atoms with Crippen LogP contribution in [0, 0.1) is 26.2 Å². The van der Waals surface area contributed by atoms with Gasteiger partial charge in [-0.25, -0.2) is 13.1 Å². The van der Waals surface area contributed by atoms with Gasteiger partial charge in [0.25, 0.3) is 0 Å². The molecule has 1 aliphatic rings. The van der Waals surface area contributed by atoms with Crippen LogP contribution in [0.3, 0.4) is 0 Å². The van der Waals surface area contributed by atoms with Crippen LogP contribution in [0.4, 0.5) is 0 Å². The third-order valence-electron chi connectivity index (χ3n) is 4.01. The zero-order chi connectivity index (χ0) is 14.3. The van der Waals surface area contributed by atoms with Gasteiger partial charge < -0.3 is 5.11 Å². The summed E-state index contributed by atoms with van der Waals surface area (Å²) in [5, 5.41) is 9.22. The molecule has 4 nitrogen and oxygen atoms in total. The van der Waals surface area contributed by atoms with E-state index in [2.05, 4.69) is 4.72 Å². The van der Waals surface area contributed by atoms with Crippen LogP contribution < -0.4 is 4.72 Å². The molecule has 5 heteroatoms. The van der Waals surface area contributed by atoms with Crippen LogP contribution in [-0.2, 0) is 10.0 Å². The Morgan fingerprint density at radius 3 is 2.26 bits per heavy atom. The number of aliphatic hydroxyl groups is 1. The number of aliphatic hydroxyl groups excluding tert-OH is 1. The number of hydrogen-bond acceptors (Lipinski definition) is 3. The second kappa shape index (κ2) is 4.89. The van der Waals surface area contributed by atoms with E-state index in [0.717, 1.165) is 29.5 Å². The second-order valence-electron chi connectivity index (χ2n) is 5.68. The number of nitrogens with one attached hydrogen (secondary N) is 1. The summed E-state index contributed by atoms with van der Waals surface area (Å²) in [5.41, 5.74) is 2.59. The molecule has 106 valence electrons. The normalized spacial score (nSPS) is 17.5. The Balaban J connectivity index is 2.22. The Hall–Kier alpha value is -0.910. The number of sulfonamides is 1. The van der Waals surface area contributed by atoms with Crippen molar-refractivity contribution in [2.45, 2.75) is 38.5 Å². The van der Waals surface area contributed by atoms with Gasteiger partial charge >= 0.3 is 0 Å². The van der Waals surface area contributed by atoms with Crippen LogP contribution >= 0.6 is 0 Å². The molecule has 0 spiro atoms. The van der Waals surface area contributed by atoms with Gasteiger partial charge in [0.15, 0.2) is 0 Å². The predicted octanol–water partition coefficient (Wildman–Crippen LogP) is 1.66. The van der Waals surface area contributed by atoms with Crippen molar-refractivity contribution in [3.8, 4) is 0 Å². The Labute approximate surface area is 114 Å². The fraction of sp³-hybridized carbons (Fsp3) is 0.571. The molecule has 0 amide bonds. The summed E-state index contributed by atoms with van der Waals surface area (Å²) in [6.07, 6.45) is 1.77. The smallest absolute Gasteiger partial charge is 0.240 e. The van der Waals surface area contributed by atoms with Crippen LogP contribution in [0.25, 0.3) is 0 Å². The molecule has 2 rings (SSSR count). The monoisotopic (exact) mass is 283 g/mol. The lowest BCUT2D eigenvalue weighted by atomic mass is 10.1. The van der Waals surface area contributed by atoms with Gasteiger partial charge in [-0.2, -0.15) is 0 Å². The molecular weight excluding hydrogens is 262 g/mol. The average molecular weight is 283 g/mol. The SMILES string of the molecule is Cc1cc(C)c(S(=O)(=O)NCC2(CO)CC2)cc1C. The third kappa shape index (κ3) is 2.99. The Morgan fingerprint density at radius 1 is 1.16 bits per heavy atom. The van der Waals surface area contributed by atoms with Gasteiger partial charge in [0.1, 0.15) is 0 Å². The lowest BCUT2D eigenvalue weighted by Crippen LogP contribution is -2.32. The molecule has 2 N–H and O–H groups in total. The first-order valence-corrected chi connectivity index (χ1v) is 7.96. The van der Waals surface area contributed by atoms with Gasteiger partial charge in [-0.1, -0.05) is 6.07 Å². The lowest BCUT2D eigenvalue weighted by molar-refractivity contribution is 0.213. The lowest BCUT2D eigenvalue weighted by Gasteiger charge is -2.15. The topological polar surface area (TPSA) is 66.4 Å². The summed E-state index contributed by atoms with van der Waals surface area (Å²) in [6, 6.07) is 3.61. The highest BCUT2D eigenvalue weighted by Crippen LogP contribution is 2.44. The number of benzene rings is 1. The van der Waals surface area contributed by atoms with Gasteiger partial charge in [-0.3, -0.25) is 0 Å². The molecule has 0 saturated heterocycles. The predicted molar refractivity (Wildman–Crippen MR) is 74.6 cm³/mol. The minimum Gasteiger partial charge on any atom is -0.396 e. The van der Waals surface area contributed by atoms with Crippen LogP contribution in [0.2, 0.25) is 0 Å². The molecule has 1 fully saturated rings. The summed E-state index contributed by atoms with van der Waals surface area (Å²) in [7, 11) is -3.49. The highest BCUT2D eigenvalue weighted by Gasteiger charge is 2.42. The summed E-state index contributed by atoms with van der Waals surface area (Å²) in [4.78, 5) is 0.337. The Kier molecular flexibility index (Phi) is 3.73. The summed E-state index contributed by atoms with van der Waals surface area (Å²) in [5.74, 6) is 0. The minimum absolute atomic E-state index is 0.0431. The maximum absolute atomic E-state index is 12.3. The fourth-order valence-electron chi connectivity index (χ4n) is 2.12. The van der Waals surface area contributed by atoms with Crippen molar-refractivity contribution >= 4 is 10.0 Å². The van der Waals surface area contributed by atoms with E-state index in [1.165, 1.54) is 0 Å². The highest BCUT2D eigenvalue weighted by molar-refractivity contribution is 7.89. The van der Waals surface area contributed by atoms with E-state index in [9.17, 15) is 13.5 Å². The van der Waals surface area contributed by atoms with Gasteiger partial charge in [-0.05, 0) is 56.4 Å². The van der Waals surface area contributed by atoms with Gasteiger partial charge in [0.2, 0.25) is 10.0 Å². The zero-order valence-corrected chi connectivity index (χ0v) is 12.5. The van der Waals surface area contributed by atoms with Crippen LogP contribution in [0.1, 0.15) is 29.5 Å². The molecule has 1 aromatic rings. The first-order valence-electron chi connectivity index (χ1n) is 6.48. The standard InChI is InChI=1S/C14H21NO3S/c1-10-6-12(3)13(7-11(10)2)19(17,18)15-8-14(9-16)4-5-14/h6-7,15-16H,4-5,8-9H2,1-3H3. The maximum Gasteiger partial charge on any atom is 0.240 e. The van der Waals surface area contributed by atoms with E-state index >= 15 is 0 Å². The van der Waals surface area contributed by atoms with Crippen molar-refractivity contribution in [3.05, 3.63) is 28.8 Å². The van der Waals surface area contributed by atoms with Crippen molar-refractivity contribution in [2.75, 3.05) is 13.2 Å². The van der Waals surface area contributed by atoms with Crippen LogP contribution in [0.15, 0.2) is 17.0 Å². The van der Waals surface area contributed by atoms with Crippen LogP contribution in [0.5, 0.6) is 0 Å². The highest BCUT2D eigenvalue weighted by atomic mass is 32.2. The van der Waals surface area contributed by atoms with Gasteiger partial charge in [-0.15, -0.1) is 0 Å². The maximum atomic E-state index is 12.3. The Morgan fingerprint density at radius 2 is 1.74 bits per heavy atom. The minimum atomic E-state index is -3.49.